The standard InChI is InChI=1S/C18H20O3/c1-17(2,3)21-16(20)18-9-8-13(19)10-15(18)14-7-5-4-6-12(14)11-18/h4-9,15H,10-11H2,1-3H3. The molecule has 2 unspecified atom stereocenters. The number of carbonyl (C=O) groups excluding carboxylic acids is 2. The molecule has 2 atom stereocenters. The normalized spacial score (nSPS) is 27.2. The third kappa shape index (κ3) is 2.31. The predicted molar refractivity (Wildman–Crippen MR) is 79.9 cm³/mol. The Morgan fingerprint density at radius 1 is 1.29 bits per heavy atom. The lowest BCUT2D eigenvalue weighted by Gasteiger charge is -2.35. The molecule has 1 aromatic carbocycles. The molecule has 1 aromatic rings. The SMILES string of the molecule is CC(C)(C)OC(=O)C12C=CC(=O)CC1c1ccccc1C2. The lowest BCUT2D eigenvalue weighted by Crippen LogP contribution is -2.41. The highest BCUT2D eigenvalue weighted by atomic mass is 16.6. The Bertz CT molecular complexity index is 636. The van der Waals surface area contributed by atoms with E-state index in [4.69, 9.17) is 4.74 Å². The van der Waals surface area contributed by atoms with Crippen LogP contribution in [0.3, 0.4) is 0 Å². The third-order valence-corrected chi connectivity index (χ3v) is 4.29. The first-order valence-electron chi connectivity index (χ1n) is 7.35. The van der Waals surface area contributed by atoms with E-state index >= 15 is 0 Å². The fourth-order valence-electron chi connectivity index (χ4n) is 3.38. The van der Waals surface area contributed by atoms with Gasteiger partial charge in [-0.05, 0) is 44.4 Å². The van der Waals surface area contributed by atoms with Crippen LogP contribution in [0.5, 0.6) is 0 Å². The van der Waals surface area contributed by atoms with E-state index in [1.165, 1.54) is 0 Å². The molecule has 0 radical (unpaired) electrons. The zero-order chi connectivity index (χ0) is 15.3. The smallest absolute Gasteiger partial charge is 0.317 e. The fourth-order valence-corrected chi connectivity index (χ4v) is 3.38. The highest BCUT2D eigenvalue weighted by Crippen LogP contribution is 2.53. The van der Waals surface area contributed by atoms with Gasteiger partial charge in [-0.3, -0.25) is 9.59 Å². The van der Waals surface area contributed by atoms with Crippen molar-refractivity contribution in [1.29, 1.82) is 0 Å². The second-order valence-corrected chi connectivity index (χ2v) is 6.97. The van der Waals surface area contributed by atoms with Crippen LogP contribution < -0.4 is 0 Å². The van der Waals surface area contributed by atoms with Crippen LogP contribution in [-0.4, -0.2) is 17.4 Å². The molecule has 3 nitrogen and oxygen atoms in total. The molecule has 0 amide bonds. The Labute approximate surface area is 125 Å². The third-order valence-electron chi connectivity index (χ3n) is 4.29. The summed E-state index contributed by atoms with van der Waals surface area (Å²) in [7, 11) is 0. The van der Waals surface area contributed by atoms with Crippen molar-refractivity contribution in [1.82, 2.24) is 0 Å². The number of benzene rings is 1. The van der Waals surface area contributed by atoms with Crippen LogP contribution in [0.2, 0.25) is 0 Å². The van der Waals surface area contributed by atoms with Crippen molar-refractivity contribution in [3.05, 3.63) is 47.5 Å². The first-order chi connectivity index (χ1) is 9.82. The molecule has 2 aliphatic rings. The van der Waals surface area contributed by atoms with Gasteiger partial charge in [-0.1, -0.05) is 30.3 Å². The summed E-state index contributed by atoms with van der Waals surface area (Å²) in [5, 5.41) is 0. The summed E-state index contributed by atoms with van der Waals surface area (Å²) >= 11 is 0. The molecule has 3 rings (SSSR count). The number of ether oxygens (including phenoxy) is 1. The Morgan fingerprint density at radius 3 is 2.71 bits per heavy atom. The molecule has 0 bridgehead atoms. The average molecular weight is 284 g/mol. The largest absolute Gasteiger partial charge is 0.459 e. The number of fused-ring (bicyclic) bond motifs is 3. The van der Waals surface area contributed by atoms with Crippen LogP contribution in [0.4, 0.5) is 0 Å². The van der Waals surface area contributed by atoms with Crippen molar-refractivity contribution in [2.45, 2.75) is 45.1 Å². The molecular weight excluding hydrogens is 264 g/mol. The first kappa shape index (κ1) is 14.1. The van der Waals surface area contributed by atoms with Crippen molar-refractivity contribution in [3.8, 4) is 0 Å². The lowest BCUT2D eigenvalue weighted by atomic mass is 9.70. The van der Waals surface area contributed by atoms with E-state index in [0.29, 0.717) is 12.8 Å². The van der Waals surface area contributed by atoms with Crippen LogP contribution >= 0.6 is 0 Å². The molecule has 0 aliphatic heterocycles. The van der Waals surface area contributed by atoms with E-state index < -0.39 is 11.0 Å². The van der Waals surface area contributed by atoms with Crippen LogP contribution in [0.25, 0.3) is 0 Å². The van der Waals surface area contributed by atoms with Crippen LogP contribution in [0.15, 0.2) is 36.4 Å². The number of ketones is 1. The minimum absolute atomic E-state index is 0.0795. The minimum atomic E-state index is -0.717. The van der Waals surface area contributed by atoms with Gasteiger partial charge >= 0.3 is 5.97 Å². The Morgan fingerprint density at radius 2 is 2.00 bits per heavy atom. The second kappa shape index (κ2) is 4.55. The maximum Gasteiger partial charge on any atom is 0.317 e. The molecule has 110 valence electrons. The van der Waals surface area contributed by atoms with Gasteiger partial charge in [-0.25, -0.2) is 0 Å². The van der Waals surface area contributed by atoms with Gasteiger partial charge in [0.25, 0.3) is 0 Å². The molecule has 0 saturated carbocycles. The predicted octanol–water partition coefficient (Wildman–Crippen LogP) is 3.18. The van der Waals surface area contributed by atoms with E-state index in [9.17, 15) is 9.59 Å². The number of rotatable bonds is 1. The maximum absolute atomic E-state index is 12.8. The Hall–Kier alpha value is -1.90. The van der Waals surface area contributed by atoms with Gasteiger partial charge in [0.15, 0.2) is 5.78 Å². The molecule has 0 fully saturated rings. The van der Waals surface area contributed by atoms with E-state index in [2.05, 4.69) is 0 Å². The van der Waals surface area contributed by atoms with Crippen molar-refractivity contribution in [2.24, 2.45) is 5.41 Å². The van der Waals surface area contributed by atoms with Gasteiger partial charge in [0.2, 0.25) is 0 Å². The topological polar surface area (TPSA) is 43.4 Å². The van der Waals surface area contributed by atoms with E-state index in [-0.39, 0.29) is 17.7 Å². The molecule has 0 heterocycles. The van der Waals surface area contributed by atoms with Gasteiger partial charge in [0.1, 0.15) is 5.60 Å². The molecule has 21 heavy (non-hydrogen) atoms. The molecule has 0 N–H and O–H groups in total. The van der Waals surface area contributed by atoms with Crippen molar-refractivity contribution in [2.75, 3.05) is 0 Å². The monoisotopic (exact) mass is 284 g/mol. The molecule has 3 heteroatoms. The van der Waals surface area contributed by atoms with Gasteiger partial charge in [0.05, 0.1) is 5.41 Å². The first-order valence-corrected chi connectivity index (χ1v) is 7.35. The lowest BCUT2D eigenvalue weighted by molar-refractivity contribution is -0.165. The molecular formula is C18H20O3. The number of hydrogen-bond acceptors (Lipinski definition) is 3. The fraction of sp³-hybridized carbons (Fsp3) is 0.444. The van der Waals surface area contributed by atoms with Crippen molar-refractivity contribution < 1.29 is 14.3 Å². The summed E-state index contributed by atoms with van der Waals surface area (Å²) in [5.41, 5.74) is 1.01. The summed E-state index contributed by atoms with van der Waals surface area (Å²) in [5.74, 6) is -0.239. The highest BCUT2D eigenvalue weighted by molar-refractivity contribution is 5.96. The molecule has 0 saturated heterocycles. The quantitative estimate of drug-likeness (QED) is 0.744. The Balaban J connectivity index is 2.05. The minimum Gasteiger partial charge on any atom is -0.459 e. The van der Waals surface area contributed by atoms with Gasteiger partial charge in [-0.2, -0.15) is 0 Å². The molecule has 2 aliphatic carbocycles. The van der Waals surface area contributed by atoms with Gasteiger partial charge < -0.3 is 4.74 Å². The zero-order valence-corrected chi connectivity index (χ0v) is 12.7. The summed E-state index contributed by atoms with van der Waals surface area (Å²) in [6, 6.07) is 8.01. The van der Waals surface area contributed by atoms with Crippen LogP contribution in [0.1, 0.15) is 44.2 Å². The number of allylic oxidation sites excluding steroid dienone is 1. The Kier molecular flexibility index (Phi) is 3.05. The van der Waals surface area contributed by atoms with E-state index in [0.717, 1.165) is 11.1 Å². The van der Waals surface area contributed by atoms with Gasteiger partial charge in [0, 0.05) is 12.3 Å². The highest BCUT2D eigenvalue weighted by Gasteiger charge is 2.53. The average Bonchev–Trinajstić information content (AvgIpc) is 2.72. The molecule has 0 aromatic heterocycles. The summed E-state index contributed by atoms with van der Waals surface area (Å²) < 4.78 is 5.65. The summed E-state index contributed by atoms with van der Waals surface area (Å²) in [6.45, 7) is 5.61. The van der Waals surface area contributed by atoms with Gasteiger partial charge in [-0.15, -0.1) is 0 Å². The van der Waals surface area contributed by atoms with E-state index in [1.807, 2.05) is 45.0 Å². The van der Waals surface area contributed by atoms with Crippen molar-refractivity contribution in [3.63, 3.8) is 0 Å². The van der Waals surface area contributed by atoms with Crippen LogP contribution in [0, 0.1) is 5.41 Å². The second-order valence-electron chi connectivity index (χ2n) is 6.97. The van der Waals surface area contributed by atoms with Crippen LogP contribution in [-0.2, 0) is 20.7 Å². The number of esters is 1. The molecule has 0 spiro atoms. The van der Waals surface area contributed by atoms with E-state index in [1.54, 1.807) is 12.2 Å². The number of hydrogen-bond donors (Lipinski definition) is 0. The zero-order valence-electron chi connectivity index (χ0n) is 12.7. The van der Waals surface area contributed by atoms with Crippen molar-refractivity contribution >= 4 is 11.8 Å². The summed E-state index contributed by atoms with van der Waals surface area (Å²) in [4.78, 5) is 24.6. The summed E-state index contributed by atoms with van der Waals surface area (Å²) in [6.07, 6.45) is 4.32. The maximum atomic E-state index is 12.8. The number of carbonyl (C=O) groups is 2.